The summed E-state index contributed by atoms with van der Waals surface area (Å²) in [6.45, 7) is 23.1. The molecule has 0 amide bonds. The van der Waals surface area contributed by atoms with E-state index in [2.05, 4.69) is 154 Å². The van der Waals surface area contributed by atoms with Crippen molar-refractivity contribution in [3.8, 4) is 28.5 Å². The Hall–Kier alpha value is -7.42. The minimum Gasteiger partial charge on any atom is -0.314 e. The summed E-state index contributed by atoms with van der Waals surface area (Å²) in [4.78, 5) is 20.0. The van der Waals surface area contributed by atoms with Gasteiger partial charge in [0.1, 0.15) is 5.01 Å². The van der Waals surface area contributed by atoms with E-state index in [1.807, 2.05) is 74.5 Å². The van der Waals surface area contributed by atoms with Crippen molar-refractivity contribution in [3.05, 3.63) is 197 Å². The summed E-state index contributed by atoms with van der Waals surface area (Å²) in [5.74, 6) is 1.78. The zero-order valence-corrected chi connectivity index (χ0v) is 37.2. The highest BCUT2D eigenvalue weighted by atomic mass is 32.1. The van der Waals surface area contributed by atoms with Gasteiger partial charge in [-0.2, -0.15) is 0 Å². The number of benzene rings is 4. The molecule has 1 radical (unpaired) electrons. The Morgan fingerprint density at radius 1 is 0.762 bits per heavy atom. The molecule has 8 aromatic rings. The maximum Gasteiger partial charge on any atom is 0.164 e. The van der Waals surface area contributed by atoms with Crippen molar-refractivity contribution >= 4 is 86.8 Å². The van der Waals surface area contributed by atoms with Crippen LogP contribution in [0.15, 0.2) is 159 Å². The number of nitrogens with zero attached hydrogens (tertiary/aromatic N) is 6. The van der Waals surface area contributed by atoms with Gasteiger partial charge in [0.25, 0.3) is 0 Å². The van der Waals surface area contributed by atoms with E-state index in [9.17, 15) is 0 Å². The summed E-state index contributed by atoms with van der Waals surface area (Å²) >= 11 is 1.67. The lowest BCUT2D eigenvalue weighted by Gasteiger charge is -2.12. The third-order valence-corrected chi connectivity index (χ3v) is 12.1. The third-order valence-electron chi connectivity index (χ3n) is 11.0. The minimum atomic E-state index is 0.581. The number of rotatable bonds is 13. The number of hydrogen-bond donors (Lipinski definition) is 0. The fourth-order valence-corrected chi connectivity index (χ4v) is 9.04. The summed E-state index contributed by atoms with van der Waals surface area (Å²) in [7, 11) is 2.20. The summed E-state index contributed by atoms with van der Waals surface area (Å²) in [6.07, 6.45) is 20.4. The molecular formula is C55H48BN6S. The standard InChI is InChI=1S/C55H48BN6S/c1-9-14-24-38(11-3)52-58-53(40-25-17-15-18-26-40)60-54(59-52)41-31-32-50-45(34-41)57-55(63-50)39(12-4)33-36(6)61-47-30-22-21-29-44(47)51(56-8)49(61)35-48-37(7)43(23-10-2)46(13-5)62(48)42-27-19-16-20-28-42/h9-35H,1,5,7H2,2-4,6,8H3/b23-10-,24-14-,36-33+,38-11+,39-12+,48-35+. The van der Waals surface area contributed by atoms with Gasteiger partial charge in [0.2, 0.25) is 0 Å². The highest BCUT2D eigenvalue weighted by molar-refractivity contribution is 7.19. The molecule has 4 aromatic carbocycles. The van der Waals surface area contributed by atoms with Gasteiger partial charge in [-0.1, -0.05) is 141 Å². The van der Waals surface area contributed by atoms with E-state index < -0.39 is 0 Å². The second-order valence-electron chi connectivity index (χ2n) is 14.9. The molecule has 63 heavy (non-hydrogen) atoms. The first-order valence-electron chi connectivity index (χ1n) is 21.0. The first-order valence-corrected chi connectivity index (χ1v) is 21.9. The minimum absolute atomic E-state index is 0.581. The van der Waals surface area contributed by atoms with Gasteiger partial charge < -0.3 is 9.13 Å². The van der Waals surface area contributed by atoms with E-state index in [4.69, 9.17) is 19.9 Å². The largest absolute Gasteiger partial charge is 0.314 e. The quantitative estimate of drug-likeness (QED) is 0.0857. The predicted octanol–water partition coefficient (Wildman–Crippen LogP) is 12.0. The Bertz CT molecular complexity index is 3300. The SMILES string of the molecule is C=C/C=C\C(=C/C)c1nc(-c2ccccc2)nc(-c2ccc3sc(C(=C/C)/C=C(\C)n4c(/C=c5\c(=C)c(/C=C\C)c(C=C)n5-c5ccccc5)c([B]C)c5ccccc54)nc3c2)n1. The Morgan fingerprint density at radius 2 is 1.46 bits per heavy atom. The molecule has 8 rings (SSSR count). The molecule has 0 saturated heterocycles. The number of aromatic nitrogens is 6. The summed E-state index contributed by atoms with van der Waals surface area (Å²) in [5, 5.41) is 4.02. The molecular weight excluding hydrogens is 788 g/mol. The monoisotopic (exact) mass is 835 g/mol. The molecule has 0 atom stereocenters. The van der Waals surface area contributed by atoms with Crippen molar-refractivity contribution in [2.24, 2.45) is 0 Å². The van der Waals surface area contributed by atoms with Crippen LogP contribution in [-0.2, 0) is 0 Å². The molecule has 0 fully saturated rings. The van der Waals surface area contributed by atoms with Crippen LogP contribution in [0.5, 0.6) is 0 Å². The van der Waals surface area contributed by atoms with Gasteiger partial charge in [-0.25, -0.2) is 19.9 Å². The zero-order chi connectivity index (χ0) is 44.0. The third kappa shape index (κ3) is 8.21. The maximum absolute atomic E-state index is 5.23. The van der Waals surface area contributed by atoms with E-state index in [1.165, 1.54) is 5.39 Å². The number of hydrogen-bond acceptors (Lipinski definition) is 5. The molecule has 6 nitrogen and oxygen atoms in total. The van der Waals surface area contributed by atoms with Crippen LogP contribution in [0.4, 0.5) is 0 Å². The van der Waals surface area contributed by atoms with Crippen molar-refractivity contribution in [2.45, 2.75) is 34.5 Å². The van der Waals surface area contributed by atoms with E-state index in [1.54, 1.807) is 17.4 Å². The number of fused-ring (bicyclic) bond motifs is 2. The van der Waals surface area contributed by atoms with Crippen molar-refractivity contribution in [1.29, 1.82) is 0 Å². The molecule has 4 aromatic heterocycles. The van der Waals surface area contributed by atoms with Crippen LogP contribution in [0.2, 0.25) is 6.82 Å². The van der Waals surface area contributed by atoms with Crippen LogP contribution in [-0.4, -0.2) is 36.3 Å². The zero-order valence-electron chi connectivity index (χ0n) is 36.4. The maximum atomic E-state index is 5.23. The van der Waals surface area contributed by atoms with Crippen LogP contribution in [0.1, 0.15) is 55.5 Å². The normalized spacial score (nSPS) is 13.0. The molecule has 0 N–H and O–H groups in total. The van der Waals surface area contributed by atoms with Crippen molar-refractivity contribution in [1.82, 2.24) is 29.1 Å². The van der Waals surface area contributed by atoms with Crippen molar-refractivity contribution in [2.75, 3.05) is 0 Å². The predicted molar refractivity (Wildman–Crippen MR) is 273 cm³/mol. The van der Waals surface area contributed by atoms with Crippen molar-refractivity contribution < 1.29 is 0 Å². The molecule has 0 aliphatic heterocycles. The second-order valence-corrected chi connectivity index (χ2v) is 15.9. The molecule has 0 aliphatic rings. The Kier molecular flexibility index (Phi) is 12.5. The average Bonchev–Trinajstić information content (AvgIpc) is 3.98. The lowest BCUT2D eigenvalue weighted by atomic mass is 9.71. The molecule has 8 heteroatoms. The van der Waals surface area contributed by atoms with Gasteiger partial charge in [-0.05, 0) is 87.7 Å². The topological polar surface area (TPSA) is 61.4 Å². The van der Waals surface area contributed by atoms with Gasteiger partial charge in [-0.15, -0.1) is 11.3 Å². The fourth-order valence-electron chi connectivity index (χ4n) is 8.05. The molecule has 307 valence electrons. The van der Waals surface area contributed by atoms with Crippen LogP contribution >= 0.6 is 11.3 Å². The van der Waals surface area contributed by atoms with Gasteiger partial charge in [0.05, 0.1) is 26.8 Å². The second kappa shape index (κ2) is 18.7. The fraction of sp³-hybridized carbons (Fsp3) is 0.0909. The lowest BCUT2D eigenvalue weighted by Crippen LogP contribution is -2.30. The van der Waals surface area contributed by atoms with Crippen LogP contribution in [0.25, 0.3) is 91.2 Å². The van der Waals surface area contributed by atoms with Crippen molar-refractivity contribution in [3.63, 3.8) is 0 Å². The molecule has 4 heterocycles. The summed E-state index contributed by atoms with van der Waals surface area (Å²) < 4.78 is 5.69. The first-order chi connectivity index (χ1) is 30.8. The van der Waals surface area contributed by atoms with Gasteiger partial charge in [0, 0.05) is 50.1 Å². The highest BCUT2D eigenvalue weighted by Crippen LogP contribution is 2.33. The Balaban J connectivity index is 1.25. The van der Waals surface area contributed by atoms with Gasteiger partial charge in [-0.3, -0.25) is 0 Å². The first kappa shape index (κ1) is 42.3. The van der Waals surface area contributed by atoms with Crippen LogP contribution in [0.3, 0.4) is 0 Å². The number of para-hydroxylation sites is 2. The molecule has 0 unspecified atom stereocenters. The van der Waals surface area contributed by atoms with E-state index >= 15 is 0 Å². The van der Waals surface area contributed by atoms with Crippen LogP contribution < -0.4 is 16.0 Å². The molecule has 0 bridgehead atoms. The lowest BCUT2D eigenvalue weighted by molar-refractivity contribution is 1.01. The Labute approximate surface area is 374 Å². The number of thiazole rings is 1. The van der Waals surface area contributed by atoms with E-state index in [-0.39, 0.29) is 0 Å². The van der Waals surface area contributed by atoms with E-state index in [0.717, 1.165) is 87.4 Å². The number of allylic oxidation sites excluding steroid dienone is 10. The van der Waals surface area contributed by atoms with E-state index in [0.29, 0.717) is 17.5 Å². The molecule has 0 spiro atoms. The van der Waals surface area contributed by atoms with Gasteiger partial charge in [0.15, 0.2) is 24.8 Å². The summed E-state index contributed by atoms with van der Waals surface area (Å²) in [5.41, 5.74) is 12.0. The van der Waals surface area contributed by atoms with Crippen LogP contribution in [0, 0.1) is 0 Å². The highest BCUT2D eigenvalue weighted by Gasteiger charge is 2.20. The summed E-state index contributed by atoms with van der Waals surface area (Å²) in [6, 6.07) is 35.3. The molecule has 0 saturated carbocycles. The molecule has 0 aliphatic carbocycles. The average molecular weight is 836 g/mol. The van der Waals surface area contributed by atoms with Gasteiger partial charge >= 0.3 is 0 Å². The Morgan fingerprint density at radius 3 is 2.14 bits per heavy atom. The smallest absolute Gasteiger partial charge is 0.164 e.